The first-order valence-electron chi connectivity index (χ1n) is 14.7. The van der Waals surface area contributed by atoms with Crippen LogP contribution in [0.15, 0.2) is 34.1 Å². The van der Waals surface area contributed by atoms with E-state index in [9.17, 15) is 14.4 Å². The first-order chi connectivity index (χ1) is 19.4. The van der Waals surface area contributed by atoms with Crippen molar-refractivity contribution in [3.8, 4) is 0 Å². The molecule has 2 fully saturated rings. The quantitative estimate of drug-likeness (QED) is 0.178. The van der Waals surface area contributed by atoms with E-state index in [1.165, 1.54) is 67.5 Å². The van der Waals surface area contributed by atoms with Gasteiger partial charge in [-0.2, -0.15) is 0 Å². The first kappa shape index (κ1) is 30.2. The van der Waals surface area contributed by atoms with Crippen LogP contribution in [0, 0.1) is 5.92 Å². The topological polar surface area (TPSA) is 101 Å². The van der Waals surface area contributed by atoms with Crippen LogP contribution < -0.4 is 16.2 Å². The van der Waals surface area contributed by atoms with Crippen LogP contribution in [-0.4, -0.2) is 50.1 Å². The number of hydrogen-bond donors (Lipinski definition) is 1. The van der Waals surface area contributed by atoms with Crippen molar-refractivity contribution in [1.82, 2.24) is 14.3 Å². The van der Waals surface area contributed by atoms with E-state index < -0.39 is 0 Å². The SMILES string of the molecule is CCCCCCCCCCCCN1C(=O)C(=Cc2c(N3CCC(C(N)=O)CC3)nc3ccccn3c2=O)SC1=S. The summed E-state index contributed by atoms with van der Waals surface area (Å²) >= 11 is 6.81. The molecule has 2 N–H and O–H groups in total. The van der Waals surface area contributed by atoms with Crippen LogP contribution in [0.3, 0.4) is 0 Å². The Kier molecular flexibility index (Phi) is 11.2. The second-order valence-corrected chi connectivity index (χ2v) is 12.4. The predicted molar refractivity (Wildman–Crippen MR) is 167 cm³/mol. The van der Waals surface area contributed by atoms with Gasteiger partial charge < -0.3 is 10.6 Å². The Bertz CT molecular complexity index is 1300. The predicted octanol–water partition coefficient (Wildman–Crippen LogP) is 5.52. The number of hydrogen-bond acceptors (Lipinski definition) is 7. The number of anilines is 1. The number of aromatic nitrogens is 2. The summed E-state index contributed by atoms with van der Waals surface area (Å²) in [5.74, 6) is -0.0956. The number of nitrogens with two attached hydrogens (primary N) is 1. The fraction of sp³-hybridized carbons (Fsp3) is 0.567. The highest BCUT2D eigenvalue weighted by Crippen LogP contribution is 2.34. The normalized spacial score (nSPS) is 17.5. The van der Waals surface area contributed by atoms with E-state index in [1.807, 2.05) is 11.0 Å². The van der Waals surface area contributed by atoms with Crippen molar-refractivity contribution in [3.63, 3.8) is 0 Å². The summed E-state index contributed by atoms with van der Waals surface area (Å²) in [5, 5.41) is 0. The number of nitrogens with zero attached hydrogens (tertiary/aromatic N) is 4. The summed E-state index contributed by atoms with van der Waals surface area (Å²) in [7, 11) is 0. The Morgan fingerprint density at radius 3 is 2.35 bits per heavy atom. The van der Waals surface area contributed by atoms with E-state index in [-0.39, 0.29) is 23.3 Å². The monoisotopic (exact) mass is 583 g/mol. The van der Waals surface area contributed by atoms with Crippen LogP contribution in [0.5, 0.6) is 0 Å². The van der Waals surface area contributed by atoms with Gasteiger partial charge in [-0.15, -0.1) is 0 Å². The van der Waals surface area contributed by atoms with Gasteiger partial charge in [0.25, 0.3) is 11.5 Å². The lowest BCUT2D eigenvalue weighted by Crippen LogP contribution is -2.40. The van der Waals surface area contributed by atoms with Crippen molar-refractivity contribution in [2.45, 2.75) is 84.0 Å². The van der Waals surface area contributed by atoms with Gasteiger partial charge in [-0.25, -0.2) is 4.98 Å². The third kappa shape index (κ3) is 7.51. The lowest BCUT2D eigenvalue weighted by atomic mass is 9.96. The Hall–Kier alpha value is -2.72. The zero-order valence-electron chi connectivity index (χ0n) is 23.5. The molecule has 2 saturated heterocycles. The molecule has 10 heteroatoms. The van der Waals surface area contributed by atoms with Crippen LogP contribution in [-0.2, 0) is 9.59 Å². The largest absolute Gasteiger partial charge is 0.369 e. The van der Waals surface area contributed by atoms with Gasteiger partial charge in [0, 0.05) is 31.7 Å². The number of piperidine rings is 1. The molecule has 0 spiro atoms. The Morgan fingerprint density at radius 2 is 1.70 bits per heavy atom. The van der Waals surface area contributed by atoms with Gasteiger partial charge in [-0.1, -0.05) is 94.8 Å². The molecule has 40 heavy (non-hydrogen) atoms. The van der Waals surface area contributed by atoms with Crippen molar-refractivity contribution < 1.29 is 9.59 Å². The number of carbonyl (C=O) groups excluding carboxylic acids is 2. The molecule has 2 aromatic rings. The minimum atomic E-state index is -0.294. The Morgan fingerprint density at radius 1 is 1.05 bits per heavy atom. The number of amides is 2. The van der Waals surface area contributed by atoms with Crippen molar-refractivity contribution in [1.29, 1.82) is 0 Å². The zero-order chi connectivity index (χ0) is 28.5. The van der Waals surface area contributed by atoms with E-state index >= 15 is 0 Å². The minimum Gasteiger partial charge on any atom is -0.369 e. The smallest absolute Gasteiger partial charge is 0.267 e. The first-order valence-corrected chi connectivity index (χ1v) is 15.9. The minimum absolute atomic E-state index is 0.151. The second kappa shape index (κ2) is 14.8. The number of thioether (sulfide) groups is 1. The Labute approximate surface area is 246 Å². The molecule has 0 radical (unpaired) electrons. The van der Waals surface area contributed by atoms with E-state index in [0.29, 0.717) is 58.7 Å². The average Bonchev–Trinajstić information content (AvgIpc) is 3.22. The maximum atomic E-state index is 13.6. The third-order valence-corrected chi connectivity index (χ3v) is 9.21. The van der Waals surface area contributed by atoms with Gasteiger partial charge >= 0.3 is 0 Å². The number of unbranched alkanes of at least 4 members (excludes halogenated alkanes) is 9. The molecule has 0 bridgehead atoms. The molecular weight excluding hydrogens is 542 g/mol. The maximum absolute atomic E-state index is 13.6. The number of carbonyl (C=O) groups is 2. The molecule has 0 atom stereocenters. The van der Waals surface area contributed by atoms with E-state index in [4.69, 9.17) is 22.9 Å². The molecule has 2 aromatic heterocycles. The molecule has 8 nitrogen and oxygen atoms in total. The van der Waals surface area contributed by atoms with Gasteiger partial charge in [0.1, 0.15) is 15.8 Å². The van der Waals surface area contributed by atoms with E-state index in [2.05, 4.69) is 6.92 Å². The molecule has 0 aliphatic carbocycles. The van der Waals surface area contributed by atoms with Gasteiger partial charge in [0.05, 0.1) is 10.5 Å². The highest BCUT2D eigenvalue weighted by atomic mass is 32.2. The summed E-state index contributed by atoms with van der Waals surface area (Å²) in [4.78, 5) is 47.6. The molecular formula is C30H41N5O3S2. The molecule has 2 aliphatic rings. The van der Waals surface area contributed by atoms with Crippen molar-refractivity contribution in [2.24, 2.45) is 11.7 Å². The molecule has 0 saturated carbocycles. The highest BCUT2D eigenvalue weighted by Gasteiger charge is 2.33. The van der Waals surface area contributed by atoms with Crippen LogP contribution in [0.2, 0.25) is 0 Å². The number of thiocarbonyl (C=S) groups is 1. The summed E-state index contributed by atoms with van der Waals surface area (Å²) in [6, 6.07) is 5.41. The van der Waals surface area contributed by atoms with E-state index in [0.717, 1.165) is 12.8 Å². The van der Waals surface area contributed by atoms with Crippen LogP contribution in [0.25, 0.3) is 11.7 Å². The van der Waals surface area contributed by atoms with Crippen LogP contribution >= 0.6 is 24.0 Å². The van der Waals surface area contributed by atoms with Crippen molar-refractivity contribution >= 4 is 57.7 Å². The van der Waals surface area contributed by atoms with Gasteiger partial charge in [-0.3, -0.25) is 23.7 Å². The third-order valence-electron chi connectivity index (χ3n) is 7.83. The lowest BCUT2D eigenvalue weighted by molar-refractivity contribution is -0.123. The molecule has 216 valence electrons. The number of rotatable bonds is 14. The fourth-order valence-electron chi connectivity index (χ4n) is 5.42. The molecule has 4 heterocycles. The molecule has 2 aliphatic heterocycles. The van der Waals surface area contributed by atoms with Crippen molar-refractivity contribution in [2.75, 3.05) is 24.5 Å². The van der Waals surface area contributed by atoms with Crippen molar-refractivity contribution in [3.05, 3.63) is 45.2 Å². The average molecular weight is 584 g/mol. The molecule has 2 amide bonds. The number of pyridine rings is 1. The summed E-state index contributed by atoms with van der Waals surface area (Å²) in [6.45, 7) is 3.96. The number of primary amides is 1. The summed E-state index contributed by atoms with van der Waals surface area (Å²) in [6.07, 6.45) is 16.8. The van der Waals surface area contributed by atoms with Gasteiger partial charge in [0.15, 0.2) is 0 Å². The van der Waals surface area contributed by atoms with Gasteiger partial charge in [0.2, 0.25) is 5.91 Å². The molecule has 0 aromatic carbocycles. The molecule has 4 rings (SSSR count). The van der Waals surface area contributed by atoms with E-state index in [1.54, 1.807) is 29.3 Å². The Balaban J connectivity index is 1.43. The van der Waals surface area contributed by atoms with Crippen LogP contribution in [0.1, 0.15) is 89.5 Å². The maximum Gasteiger partial charge on any atom is 0.267 e. The number of fused-ring (bicyclic) bond motifs is 1. The highest BCUT2D eigenvalue weighted by molar-refractivity contribution is 8.26. The second-order valence-electron chi connectivity index (χ2n) is 10.8. The van der Waals surface area contributed by atoms with Gasteiger partial charge in [-0.05, 0) is 37.5 Å². The summed E-state index contributed by atoms with van der Waals surface area (Å²) in [5.41, 5.74) is 6.18. The van der Waals surface area contributed by atoms with Crippen LogP contribution in [0.4, 0.5) is 5.82 Å². The standard InChI is InChI=1S/C30H41N5O3S2/c1-2-3-4-5-6-7-8-9-10-12-18-35-29(38)24(40-30(35)39)21-23-27(33-19-15-22(16-20-33)26(31)36)32-25-14-11-13-17-34(25)28(23)37/h11,13-14,17,21-22H,2-10,12,15-16,18-20H2,1H3,(H2,31,36). The molecule has 0 unspecified atom stereocenters. The zero-order valence-corrected chi connectivity index (χ0v) is 25.1. The fourth-order valence-corrected chi connectivity index (χ4v) is 6.71. The summed E-state index contributed by atoms with van der Waals surface area (Å²) < 4.78 is 2.03. The lowest BCUT2D eigenvalue weighted by Gasteiger charge is -2.32.